The molecule has 4 fully saturated rings. The summed E-state index contributed by atoms with van der Waals surface area (Å²) < 4.78 is 0. The SMILES string of the molecule is Cc1cc(C)cc(-c2[nH]c3sc(C(C)(C)C(=O)N4C5CCC4CC5)cc3c2CCN2CCN(CCN3CCCC3)CC2)c1. The normalized spacial score (nSPS) is 23.8. The molecule has 4 aliphatic rings. The molecule has 43 heavy (non-hydrogen) atoms. The Hall–Kier alpha value is -2.19. The second-order valence-corrected chi connectivity index (χ2v) is 15.5. The van der Waals surface area contributed by atoms with Crippen LogP contribution >= 0.6 is 11.3 Å². The molecule has 0 unspecified atom stereocenters. The first kappa shape index (κ1) is 29.5. The van der Waals surface area contributed by atoms with Crippen LogP contribution in [0, 0.1) is 13.8 Å². The molecule has 6 nitrogen and oxygen atoms in total. The fraction of sp³-hybridized carbons (Fsp3) is 0.639. The minimum absolute atomic E-state index is 0.333. The summed E-state index contributed by atoms with van der Waals surface area (Å²) in [5, 5.41) is 1.32. The van der Waals surface area contributed by atoms with Crippen LogP contribution in [0.25, 0.3) is 21.5 Å². The van der Waals surface area contributed by atoms with Crippen LogP contribution in [0.5, 0.6) is 0 Å². The third-order valence-corrected chi connectivity index (χ3v) is 12.4. The Morgan fingerprint density at radius 2 is 1.37 bits per heavy atom. The van der Waals surface area contributed by atoms with Crippen molar-refractivity contribution in [2.75, 3.05) is 58.9 Å². The van der Waals surface area contributed by atoms with Gasteiger partial charge in [0.1, 0.15) is 4.83 Å². The largest absolute Gasteiger partial charge is 0.346 e. The third kappa shape index (κ3) is 5.83. The molecule has 0 aliphatic carbocycles. The summed E-state index contributed by atoms with van der Waals surface area (Å²) in [6.07, 6.45) is 8.53. The summed E-state index contributed by atoms with van der Waals surface area (Å²) in [5.74, 6) is 0.333. The molecule has 1 N–H and O–H groups in total. The summed E-state index contributed by atoms with van der Waals surface area (Å²) in [7, 11) is 0. The predicted molar refractivity (Wildman–Crippen MR) is 179 cm³/mol. The zero-order chi connectivity index (χ0) is 29.7. The number of thiophene rings is 1. The van der Waals surface area contributed by atoms with Gasteiger partial charge in [0, 0.05) is 68.2 Å². The Bertz CT molecular complexity index is 1420. The predicted octanol–water partition coefficient (Wildman–Crippen LogP) is 6.20. The molecule has 0 radical (unpaired) electrons. The summed E-state index contributed by atoms with van der Waals surface area (Å²) in [4.78, 5) is 30.5. The van der Waals surface area contributed by atoms with Crippen LogP contribution in [0.15, 0.2) is 24.3 Å². The smallest absolute Gasteiger partial charge is 0.233 e. The molecular formula is C36H51N5OS. The van der Waals surface area contributed by atoms with Gasteiger partial charge < -0.3 is 19.7 Å². The minimum atomic E-state index is -0.502. The summed E-state index contributed by atoms with van der Waals surface area (Å²) in [6.45, 7) is 19.5. The first-order valence-corrected chi connectivity index (χ1v) is 17.8. The van der Waals surface area contributed by atoms with E-state index in [-0.39, 0.29) is 0 Å². The molecule has 1 aromatic carbocycles. The number of nitrogens with one attached hydrogen (secondary N) is 1. The molecule has 3 aromatic rings. The van der Waals surface area contributed by atoms with Crippen molar-refractivity contribution in [3.63, 3.8) is 0 Å². The number of piperazine rings is 1. The average Bonchev–Trinajstić information content (AvgIpc) is 3.82. The average molecular weight is 602 g/mol. The van der Waals surface area contributed by atoms with Crippen molar-refractivity contribution in [1.82, 2.24) is 24.6 Å². The van der Waals surface area contributed by atoms with Crippen molar-refractivity contribution in [2.24, 2.45) is 0 Å². The summed E-state index contributed by atoms with van der Waals surface area (Å²) in [6, 6.07) is 10.2. The first-order valence-electron chi connectivity index (χ1n) is 17.0. The molecule has 4 aliphatic heterocycles. The molecule has 0 spiro atoms. The second-order valence-electron chi connectivity index (χ2n) is 14.5. The standard InChI is InChI=1S/C36H51N5OS/c1-25-21-26(2)23-27(22-25)33-30(11-14-39-16-19-40(20-17-39)18-15-38-12-5-6-13-38)31-24-32(43-34(31)37-33)36(3,4)35(42)41-28-7-8-29(41)10-9-28/h21-24,28-29,37H,5-20H2,1-4H3. The molecule has 1 amide bonds. The number of carbonyl (C=O) groups is 1. The lowest BCUT2D eigenvalue weighted by Crippen LogP contribution is -2.48. The summed E-state index contributed by atoms with van der Waals surface area (Å²) >= 11 is 1.80. The molecule has 2 aromatic heterocycles. The van der Waals surface area contributed by atoms with Crippen LogP contribution in [0.2, 0.25) is 0 Å². The lowest BCUT2D eigenvalue weighted by Gasteiger charge is -2.35. The van der Waals surface area contributed by atoms with E-state index in [9.17, 15) is 4.79 Å². The highest BCUT2D eigenvalue weighted by atomic mass is 32.1. The molecular weight excluding hydrogens is 550 g/mol. The van der Waals surface area contributed by atoms with E-state index in [2.05, 4.69) is 76.5 Å². The van der Waals surface area contributed by atoms with Gasteiger partial charge in [-0.1, -0.05) is 17.2 Å². The minimum Gasteiger partial charge on any atom is -0.346 e. The maximum atomic E-state index is 14.0. The number of hydrogen-bond acceptors (Lipinski definition) is 5. The van der Waals surface area contributed by atoms with Gasteiger partial charge in [-0.05, 0) is 115 Å². The lowest BCUT2D eigenvalue weighted by molar-refractivity contribution is -0.137. The number of fused-ring (bicyclic) bond motifs is 3. The van der Waals surface area contributed by atoms with E-state index in [0.717, 1.165) is 26.1 Å². The fourth-order valence-electron chi connectivity index (χ4n) is 8.43. The second kappa shape index (κ2) is 12.0. The Morgan fingerprint density at radius 3 is 1.98 bits per heavy atom. The van der Waals surface area contributed by atoms with Gasteiger partial charge >= 0.3 is 0 Å². The Morgan fingerprint density at radius 1 is 0.814 bits per heavy atom. The van der Waals surface area contributed by atoms with Crippen LogP contribution in [-0.4, -0.2) is 101 Å². The van der Waals surface area contributed by atoms with Crippen molar-refractivity contribution in [3.8, 4) is 11.3 Å². The van der Waals surface area contributed by atoms with Crippen molar-refractivity contribution < 1.29 is 4.79 Å². The molecule has 2 bridgehead atoms. The van der Waals surface area contributed by atoms with Gasteiger partial charge in [0.2, 0.25) is 5.91 Å². The highest BCUT2D eigenvalue weighted by Crippen LogP contribution is 2.44. The Labute approximate surface area is 262 Å². The first-order chi connectivity index (χ1) is 20.8. The number of hydrogen-bond donors (Lipinski definition) is 1. The van der Waals surface area contributed by atoms with Gasteiger partial charge in [-0.3, -0.25) is 9.69 Å². The number of carbonyl (C=O) groups excluding carboxylic acids is 1. The number of nitrogens with zero attached hydrogens (tertiary/aromatic N) is 4. The number of aromatic nitrogens is 1. The van der Waals surface area contributed by atoms with E-state index >= 15 is 0 Å². The van der Waals surface area contributed by atoms with E-state index in [1.165, 1.54) is 121 Å². The molecule has 4 saturated heterocycles. The maximum Gasteiger partial charge on any atom is 0.233 e. The topological polar surface area (TPSA) is 45.8 Å². The molecule has 0 saturated carbocycles. The van der Waals surface area contributed by atoms with Crippen molar-refractivity contribution in [1.29, 1.82) is 0 Å². The Balaban J connectivity index is 1.10. The van der Waals surface area contributed by atoms with E-state index < -0.39 is 5.41 Å². The number of benzene rings is 1. The van der Waals surface area contributed by atoms with E-state index in [4.69, 9.17) is 0 Å². The van der Waals surface area contributed by atoms with Crippen LogP contribution < -0.4 is 0 Å². The van der Waals surface area contributed by atoms with Crippen LogP contribution in [0.3, 0.4) is 0 Å². The van der Waals surface area contributed by atoms with E-state index in [1.54, 1.807) is 11.3 Å². The van der Waals surface area contributed by atoms with Crippen molar-refractivity contribution in [2.45, 2.75) is 90.1 Å². The fourth-order valence-corrected chi connectivity index (χ4v) is 9.62. The van der Waals surface area contributed by atoms with Gasteiger partial charge in [-0.15, -0.1) is 11.3 Å². The lowest BCUT2D eigenvalue weighted by atomic mass is 9.88. The van der Waals surface area contributed by atoms with Crippen LogP contribution in [0.1, 0.15) is 73.9 Å². The van der Waals surface area contributed by atoms with Crippen molar-refractivity contribution in [3.05, 3.63) is 45.8 Å². The van der Waals surface area contributed by atoms with Crippen LogP contribution in [-0.2, 0) is 16.6 Å². The molecule has 7 rings (SSSR count). The van der Waals surface area contributed by atoms with Crippen LogP contribution in [0.4, 0.5) is 0 Å². The highest BCUT2D eigenvalue weighted by molar-refractivity contribution is 7.19. The quantitative estimate of drug-likeness (QED) is 0.317. The number of H-pyrrole nitrogens is 1. The number of aromatic amines is 1. The molecule has 0 atom stereocenters. The van der Waals surface area contributed by atoms with Gasteiger partial charge in [0.15, 0.2) is 0 Å². The maximum absolute atomic E-state index is 14.0. The zero-order valence-corrected chi connectivity index (χ0v) is 27.7. The van der Waals surface area contributed by atoms with Gasteiger partial charge in [0.25, 0.3) is 0 Å². The number of aryl methyl sites for hydroxylation is 2. The van der Waals surface area contributed by atoms with Gasteiger partial charge in [-0.2, -0.15) is 0 Å². The third-order valence-electron chi connectivity index (χ3n) is 11.0. The zero-order valence-electron chi connectivity index (χ0n) is 26.9. The number of rotatable bonds is 9. The monoisotopic (exact) mass is 601 g/mol. The molecule has 232 valence electrons. The van der Waals surface area contributed by atoms with Gasteiger partial charge in [-0.25, -0.2) is 0 Å². The van der Waals surface area contributed by atoms with E-state index in [0.29, 0.717) is 18.0 Å². The number of amides is 1. The summed E-state index contributed by atoms with van der Waals surface area (Å²) in [5.41, 5.74) is 6.08. The van der Waals surface area contributed by atoms with E-state index in [1.807, 2.05) is 0 Å². The molecule has 7 heteroatoms. The highest BCUT2D eigenvalue weighted by Gasteiger charge is 2.47. The van der Waals surface area contributed by atoms with Gasteiger partial charge in [0.05, 0.1) is 11.1 Å². The number of likely N-dealkylation sites (tertiary alicyclic amines) is 1. The molecule has 6 heterocycles. The Kier molecular flexibility index (Phi) is 8.21. The van der Waals surface area contributed by atoms with Crippen molar-refractivity contribution >= 4 is 27.5 Å².